The van der Waals surface area contributed by atoms with Crippen LogP contribution in [0.1, 0.15) is 33.6 Å². The van der Waals surface area contributed by atoms with Crippen molar-refractivity contribution in [1.29, 1.82) is 0 Å². The van der Waals surface area contributed by atoms with Crippen molar-refractivity contribution in [3.05, 3.63) is 109 Å². The zero-order valence-corrected chi connectivity index (χ0v) is 28.1. The van der Waals surface area contributed by atoms with Gasteiger partial charge in [-0.3, -0.25) is 10.1 Å². The normalized spacial score (nSPS) is 14.0. The van der Waals surface area contributed by atoms with Crippen LogP contribution in [-0.2, 0) is 31.9 Å². The minimum absolute atomic E-state index is 0.00541. The summed E-state index contributed by atoms with van der Waals surface area (Å²) in [4.78, 5) is 35.9. The van der Waals surface area contributed by atoms with Crippen LogP contribution in [-0.4, -0.2) is 60.4 Å². The molecule has 1 aromatic heterocycles. The summed E-state index contributed by atoms with van der Waals surface area (Å²) in [6, 6.07) is 22.4. The molecule has 4 aromatic rings. The van der Waals surface area contributed by atoms with Gasteiger partial charge in [0.2, 0.25) is 10.0 Å². The van der Waals surface area contributed by atoms with Gasteiger partial charge >= 0.3 is 11.9 Å². The van der Waals surface area contributed by atoms with Gasteiger partial charge in [-0.15, -0.1) is 11.3 Å². The molecule has 12 nitrogen and oxygen atoms in total. The molecule has 0 unspecified atom stereocenters. The summed E-state index contributed by atoms with van der Waals surface area (Å²) in [5.74, 6) is -2.12. The maximum atomic E-state index is 13.2. The predicted molar refractivity (Wildman–Crippen MR) is 180 cm³/mol. The zero-order valence-electron chi connectivity index (χ0n) is 24.8. The van der Waals surface area contributed by atoms with Crippen molar-refractivity contribution in [3.63, 3.8) is 0 Å². The second-order valence-corrected chi connectivity index (χ2v) is 14.5. The van der Waals surface area contributed by atoms with Gasteiger partial charge in [0.15, 0.2) is 17.2 Å². The van der Waals surface area contributed by atoms with Gasteiger partial charge in [-0.05, 0) is 58.1 Å². The highest BCUT2D eigenvalue weighted by atomic mass is 79.9. The Morgan fingerprint density at radius 1 is 1.04 bits per heavy atom. The van der Waals surface area contributed by atoms with Crippen LogP contribution in [0.2, 0.25) is 0 Å². The maximum absolute atomic E-state index is 13.2. The number of nitro groups is 1. The number of hydrogen-bond donors (Lipinski definition) is 2. The third-order valence-corrected chi connectivity index (χ3v) is 11.5. The van der Waals surface area contributed by atoms with Crippen molar-refractivity contribution in [1.82, 2.24) is 4.31 Å². The summed E-state index contributed by atoms with van der Waals surface area (Å²) in [5.41, 5.74) is 2.24. The molecular weight excluding hydrogens is 714 g/mol. The third kappa shape index (κ3) is 8.54. The standard InChI is InChI=1S/C32H30BrN3O9S2/c33-28-29(44-19-27(37)38)31(32(39)45-18-23-9-4-5-12-26(23)36(40)41)46-30(28)22-10-6-11-25(17-22)34-24-13-15-35(16-14-24)47(42,43)20-21-7-2-1-3-8-21/h1-12,17,24,34H,13-16,18-20H2,(H,37,38). The number of thiophene rings is 1. The first-order chi connectivity index (χ1) is 22.5. The number of esters is 1. The molecule has 0 aliphatic carbocycles. The van der Waals surface area contributed by atoms with E-state index in [1.165, 1.54) is 22.5 Å². The van der Waals surface area contributed by atoms with Gasteiger partial charge < -0.3 is 19.9 Å². The minimum Gasteiger partial charge on any atom is -0.479 e. The number of ether oxygens (including phenoxy) is 2. The number of piperidine rings is 1. The molecule has 3 aromatic carbocycles. The van der Waals surface area contributed by atoms with Crippen molar-refractivity contribution in [2.75, 3.05) is 25.0 Å². The highest BCUT2D eigenvalue weighted by Crippen LogP contribution is 2.46. The number of hydrogen-bond acceptors (Lipinski definition) is 10. The van der Waals surface area contributed by atoms with Crippen LogP contribution in [0.15, 0.2) is 83.3 Å². The average Bonchev–Trinajstić information content (AvgIpc) is 3.39. The Labute approximate surface area is 283 Å². The van der Waals surface area contributed by atoms with E-state index in [2.05, 4.69) is 21.2 Å². The number of para-hydroxylation sites is 1. The van der Waals surface area contributed by atoms with Crippen molar-refractivity contribution < 1.29 is 37.5 Å². The molecule has 47 heavy (non-hydrogen) atoms. The van der Waals surface area contributed by atoms with Crippen molar-refractivity contribution >= 4 is 60.6 Å². The molecule has 2 N–H and O–H groups in total. The SMILES string of the molecule is O=C(O)COc1c(C(=O)OCc2ccccc2[N+](=O)[O-])sc(-c2cccc(NC3CCN(S(=O)(=O)Cc4ccccc4)CC3)c2)c1Br. The number of anilines is 1. The van der Waals surface area contributed by atoms with Crippen LogP contribution in [0.4, 0.5) is 11.4 Å². The van der Waals surface area contributed by atoms with E-state index in [1.54, 1.807) is 18.2 Å². The Kier molecular flexibility index (Phi) is 10.9. The summed E-state index contributed by atoms with van der Waals surface area (Å²) >= 11 is 4.50. The molecule has 1 aliphatic rings. The van der Waals surface area contributed by atoms with E-state index in [0.717, 1.165) is 22.6 Å². The van der Waals surface area contributed by atoms with Crippen LogP contribution in [0.3, 0.4) is 0 Å². The van der Waals surface area contributed by atoms with Gasteiger partial charge in [0.05, 0.1) is 25.6 Å². The third-order valence-electron chi connectivity index (χ3n) is 7.42. The summed E-state index contributed by atoms with van der Waals surface area (Å²) in [5, 5.41) is 24.1. The number of carbonyl (C=O) groups excluding carboxylic acids is 1. The lowest BCUT2D eigenvalue weighted by atomic mass is 10.1. The first-order valence-corrected chi connectivity index (χ1v) is 17.7. The van der Waals surface area contributed by atoms with E-state index in [4.69, 9.17) is 9.47 Å². The molecule has 246 valence electrons. The fourth-order valence-electron chi connectivity index (χ4n) is 5.14. The van der Waals surface area contributed by atoms with E-state index >= 15 is 0 Å². The van der Waals surface area contributed by atoms with E-state index < -0.39 is 33.5 Å². The molecule has 0 bridgehead atoms. The fraction of sp³-hybridized carbons (Fsp3) is 0.250. The van der Waals surface area contributed by atoms with Gasteiger partial charge in [-0.25, -0.2) is 22.3 Å². The van der Waals surface area contributed by atoms with Gasteiger partial charge in [-0.1, -0.05) is 54.6 Å². The number of nitrogens with zero attached hydrogens (tertiary/aromatic N) is 2. The molecule has 1 saturated heterocycles. The van der Waals surface area contributed by atoms with E-state index in [0.29, 0.717) is 40.8 Å². The lowest BCUT2D eigenvalue weighted by Gasteiger charge is -2.32. The molecule has 1 fully saturated rings. The lowest BCUT2D eigenvalue weighted by Crippen LogP contribution is -2.42. The summed E-state index contributed by atoms with van der Waals surface area (Å²) < 4.78 is 38.7. The number of nitrogens with one attached hydrogen (secondary N) is 1. The number of halogens is 1. The Hall–Kier alpha value is -4.31. The van der Waals surface area contributed by atoms with Gasteiger partial charge in [-0.2, -0.15) is 0 Å². The van der Waals surface area contributed by atoms with Crippen molar-refractivity contribution in [2.24, 2.45) is 0 Å². The van der Waals surface area contributed by atoms with Crippen LogP contribution in [0, 0.1) is 10.1 Å². The summed E-state index contributed by atoms with van der Waals surface area (Å²) in [7, 11) is -3.44. The number of sulfonamides is 1. The topological polar surface area (TPSA) is 165 Å². The maximum Gasteiger partial charge on any atom is 0.352 e. The number of benzene rings is 3. The molecule has 0 spiro atoms. The molecule has 1 aliphatic heterocycles. The number of carboxylic acid groups (broad SMARTS) is 1. The lowest BCUT2D eigenvalue weighted by molar-refractivity contribution is -0.385. The fourth-order valence-corrected chi connectivity index (χ4v) is 8.65. The molecule has 0 radical (unpaired) electrons. The van der Waals surface area contributed by atoms with Crippen LogP contribution >= 0.6 is 27.3 Å². The van der Waals surface area contributed by atoms with E-state index in [1.807, 2.05) is 42.5 Å². The minimum atomic E-state index is -3.44. The van der Waals surface area contributed by atoms with E-state index in [9.17, 15) is 33.2 Å². The molecule has 0 atom stereocenters. The van der Waals surface area contributed by atoms with Gasteiger partial charge in [0.25, 0.3) is 5.69 Å². The van der Waals surface area contributed by atoms with Gasteiger partial charge in [0.1, 0.15) is 6.61 Å². The van der Waals surface area contributed by atoms with Crippen LogP contribution in [0.5, 0.6) is 5.75 Å². The average molecular weight is 745 g/mol. The Balaban J connectivity index is 1.29. The Morgan fingerprint density at radius 2 is 1.74 bits per heavy atom. The number of nitro benzene ring substituents is 1. The van der Waals surface area contributed by atoms with Crippen LogP contribution < -0.4 is 10.1 Å². The number of carboxylic acids is 1. The molecule has 0 saturated carbocycles. The molecule has 0 amide bonds. The number of rotatable bonds is 13. The molecular formula is C32H30BrN3O9S2. The smallest absolute Gasteiger partial charge is 0.352 e. The van der Waals surface area contributed by atoms with Crippen molar-refractivity contribution in [3.8, 4) is 16.2 Å². The van der Waals surface area contributed by atoms with Crippen molar-refractivity contribution in [2.45, 2.75) is 31.2 Å². The zero-order chi connectivity index (χ0) is 33.6. The summed E-state index contributed by atoms with van der Waals surface area (Å²) in [6.45, 7) is -0.290. The second kappa shape index (κ2) is 15.1. The highest BCUT2D eigenvalue weighted by Gasteiger charge is 2.29. The number of aliphatic carboxylic acids is 1. The quantitative estimate of drug-likeness (QED) is 0.0900. The van der Waals surface area contributed by atoms with Crippen LogP contribution in [0.25, 0.3) is 10.4 Å². The predicted octanol–water partition coefficient (Wildman–Crippen LogP) is 6.31. The number of carbonyl (C=O) groups is 2. The van der Waals surface area contributed by atoms with E-state index in [-0.39, 0.29) is 40.3 Å². The Bertz CT molecular complexity index is 1880. The monoisotopic (exact) mass is 743 g/mol. The Morgan fingerprint density at radius 3 is 2.45 bits per heavy atom. The molecule has 5 rings (SSSR count). The van der Waals surface area contributed by atoms with Gasteiger partial charge in [0, 0.05) is 30.9 Å². The molecule has 2 heterocycles. The molecule has 15 heteroatoms. The highest BCUT2D eigenvalue weighted by molar-refractivity contribution is 9.10. The first kappa shape index (κ1) is 34.0. The second-order valence-electron chi connectivity index (χ2n) is 10.7. The largest absolute Gasteiger partial charge is 0.479 e. The first-order valence-electron chi connectivity index (χ1n) is 14.5. The summed E-state index contributed by atoms with van der Waals surface area (Å²) in [6.07, 6.45) is 1.23.